The molecular weight excluding hydrogens is 206 g/mol. The molecule has 1 aromatic rings. The summed E-state index contributed by atoms with van der Waals surface area (Å²) in [6.45, 7) is 1.95. The van der Waals surface area contributed by atoms with E-state index in [0.29, 0.717) is 0 Å². The van der Waals surface area contributed by atoms with E-state index in [1.165, 1.54) is 0 Å². The minimum atomic E-state index is 0.769. The van der Waals surface area contributed by atoms with E-state index < -0.39 is 0 Å². The number of nitrogens with two attached hydrogens (primary N) is 1. The van der Waals surface area contributed by atoms with E-state index in [1.54, 1.807) is 7.11 Å². The second kappa shape index (κ2) is 3.13. The topological polar surface area (TPSA) is 35.2 Å². The molecule has 0 aliphatic heterocycles. The van der Waals surface area contributed by atoms with Gasteiger partial charge in [0.2, 0.25) is 0 Å². The number of nitrogen functional groups attached to an aromatic ring is 1. The lowest BCUT2D eigenvalue weighted by Gasteiger charge is -2.05. The maximum atomic E-state index is 5.70. The van der Waals surface area contributed by atoms with Gasteiger partial charge in [-0.15, -0.1) is 0 Å². The quantitative estimate of drug-likeness (QED) is 0.731. The molecule has 0 unspecified atom stereocenters. The van der Waals surface area contributed by atoms with Crippen LogP contribution < -0.4 is 10.5 Å². The van der Waals surface area contributed by atoms with Crippen LogP contribution in [0.3, 0.4) is 0 Å². The summed E-state index contributed by atoms with van der Waals surface area (Å²) in [5, 5.41) is 0. The summed E-state index contributed by atoms with van der Waals surface area (Å²) in [7, 11) is 1.64. The highest BCUT2D eigenvalue weighted by Crippen LogP contribution is 2.28. The maximum absolute atomic E-state index is 5.70. The third-order valence-electron chi connectivity index (χ3n) is 1.55. The third-order valence-corrected chi connectivity index (χ3v) is 2.20. The van der Waals surface area contributed by atoms with Crippen molar-refractivity contribution in [2.24, 2.45) is 0 Å². The van der Waals surface area contributed by atoms with Crippen LogP contribution in [0.25, 0.3) is 0 Å². The fourth-order valence-corrected chi connectivity index (χ4v) is 1.38. The molecule has 0 saturated heterocycles. The first-order chi connectivity index (χ1) is 5.15. The highest BCUT2D eigenvalue weighted by atomic mass is 79.9. The van der Waals surface area contributed by atoms with E-state index >= 15 is 0 Å². The summed E-state index contributed by atoms with van der Waals surface area (Å²) < 4.78 is 5.93. The van der Waals surface area contributed by atoms with Gasteiger partial charge in [-0.3, -0.25) is 0 Å². The second-order valence-corrected chi connectivity index (χ2v) is 3.19. The number of halogens is 1. The van der Waals surface area contributed by atoms with Gasteiger partial charge >= 0.3 is 0 Å². The molecule has 3 heteroatoms. The molecule has 1 aromatic carbocycles. The van der Waals surface area contributed by atoms with Gasteiger partial charge in [-0.1, -0.05) is 0 Å². The Balaban J connectivity index is 3.21. The fraction of sp³-hybridized carbons (Fsp3) is 0.250. The lowest BCUT2D eigenvalue weighted by molar-refractivity contribution is 0.414. The third kappa shape index (κ3) is 1.66. The van der Waals surface area contributed by atoms with Crippen molar-refractivity contribution in [3.63, 3.8) is 0 Å². The standard InChI is InChI=1S/C8H10BrNO/c1-5-3-6(11-2)4-7(9)8(5)10/h3-4H,10H2,1-2H3. The minimum absolute atomic E-state index is 0.769. The summed E-state index contributed by atoms with van der Waals surface area (Å²) in [5.41, 5.74) is 7.50. The summed E-state index contributed by atoms with van der Waals surface area (Å²) in [6.07, 6.45) is 0. The number of rotatable bonds is 1. The summed E-state index contributed by atoms with van der Waals surface area (Å²) in [6, 6.07) is 3.75. The van der Waals surface area contributed by atoms with E-state index in [4.69, 9.17) is 10.5 Å². The Bertz CT molecular complexity index is 250. The fourth-order valence-electron chi connectivity index (χ4n) is 0.842. The van der Waals surface area contributed by atoms with Gasteiger partial charge in [0.15, 0.2) is 0 Å². The molecule has 0 radical (unpaired) electrons. The molecule has 0 heterocycles. The molecule has 60 valence electrons. The van der Waals surface area contributed by atoms with Crippen molar-refractivity contribution in [3.8, 4) is 5.75 Å². The largest absolute Gasteiger partial charge is 0.497 e. The first kappa shape index (κ1) is 8.40. The van der Waals surface area contributed by atoms with Crippen LogP contribution in [-0.2, 0) is 0 Å². The predicted molar refractivity (Wildman–Crippen MR) is 49.8 cm³/mol. The number of hydrogen-bond acceptors (Lipinski definition) is 2. The highest BCUT2D eigenvalue weighted by Gasteiger charge is 2.01. The van der Waals surface area contributed by atoms with Crippen LogP contribution in [0, 0.1) is 6.92 Å². The van der Waals surface area contributed by atoms with Crippen LogP contribution in [-0.4, -0.2) is 7.11 Å². The SMILES string of the molecule is COc1cc(C)c(N)c(Br)c1. The van der Waals surface area contributed by atoms with Crippen molar-refractivity contribution < 1.29 is 4.74 Å². The molecule has 0 fully saturated rings. The van der Waals surface area contributed by atoms with Crippen LogP contribution >= 0.6 is 15.9 Å². The van der Waals surface area contributed by atoms with Gasteiger partial charge in [0.05, 0.1) is 7.11 Å². The van der Waals surface area contributed by atoms with Gasteiger partial charge < -0.3 is 10.5 Å². The van der Waals surface area contributed by atoms with E-state index in [9.17, 15) is 0 Å². The van der Waals surface area contributed by atoms with Crippen LogP contribution in [0.4, 0.5) is 5.69 Å². The molecule has 0 aliphatic rings. The van der Waals surface area contributed by atoms with E-state index in [-0.39, 0.29) is 0 Å². The Kier molecular flexibility index (Phi) is 2.39. The van der Waals surface area contributed by atoms with Crippen molar-refractivity contribution in [2.75, 3.05) is 12.8 Å². The number of methoxy groups -OCH3 is 1. The maximum Gasteiger partial charge on any atom is 0.120 e. The van der Waals surface area contributed by atoms with Crippen LogP contribution in [0.5, 0.6) is 5.75 Å². The zero-order valence-corrected chi connectivity index (χ0v) is 8.10. The normalized spacial score (nSPS) is 9.73. The van der Waals surface area contributed by atoms with Crippen LogP contribution in [0.15, 0.2) is 16.6 Å². The highest BCUT2D eigenvalue weighted by molar-refractivity contribution is 9.10. The molecule has 1 rings (SSSR count). The molecule has 2 nitrogen and oxygen atoms in total. The Morgan fingerprint density at radius 2 is 2.09 bits per heavy atom. The molecule has 2 N–H and O–H groups in total. The molecule has 0 aliphatic carbocycles. The molecule has 0 aromatic heterocycles. The van der Waals surface area contributed by atoms with Crippen LogP contribution in [0.1, 0.15) is 5.56 Å². The number of ether oxygens (including phenoxy) is 1. The summed E-state index contributed by atoms with van der Waals surface area (Å²) in [4.78, 5) is 0. The zero-order chi connectivity index (χ0) is 8.43. The smallest absolute Gasteiger partial charge is 0.120 e. The second-order valence-electron chi connectivity index (χ2n) is 2.34. The first-order valence-electron chi connectivity index (χ1n) is 3.24. The van der Waals surface area contributed by atoms with Gasteiger partial charge in [0.1, 0.15) is 5.75 Å². The van der Waals surface area contributed by atoms with Crippen molar-refractivity contribution in [1.29, 1.82) is 0 Å². The molecule has 0 spiro atoms. The minimum Gasteiger partial charge on any atom is -0.497 e. The van der Waals surface area contributed by atoms with E-state index in [2.05, 4.69) is 15.9 Å². The van der Waals surface area contributed by atoms with Crippen LogP contribution in [0.2, 0.25) is 0 Å². The molecule has 0 amide bonds. The number of benzene rings is 1. The average molecular weight is 216 g/mol. The van der Waals surface area contributed by atoms with Crippen molar-refractivity contribution in [3.05, 3.63) is 22.2 Å². The van der Waals surface area contributed by atoms with Crippen molar-refractivity contribution in [2.45, 2.75) is 6.92 Å². The Labute approximate surface area is 74.5 Å². The lowest BCUT2D eigenvalue weighted by Crippen LogP contribution is -1.92. The van der Waals surface area contributed by atoms with Gasteiger partial charge in [0, 0.05) is 10.2 Å². The molecule has 11 heavy (non-hydrogen) atoms. The predicted octanol–water partition coefficient (Wildman–Crippen LogP) is 2.35. The number of aryl methyl sites for hydroxylation is 1. The summed E-state index contributed by atoms with van der Waals surface area (Å²) >= 11 is 3.33. The van der Waals surface area contributed by atoms with Gasteiger partial charge in [-0.25, -0.2) is 0 Å². The Morgan fingerprint density at radius 1 is 1.45 bits per heavy atom. The molecular formula is C8H10BrNO. The molecule has 0 saturated carbocycles. The summed E-state index contributed by atoms with van der Waals surface area (Å²) in [5.74, 6) is 0.823. The number of hydrogen-bond donors (Lipinski definition) is 1. The van der Waals surface area contributed by atoms with E-state index in [0.717, 1.165) is 21.5 Å². The molecule has 0 atom stereocenters. The van der Waals surface area contributed by atoms with Crippen molar-refractivity contribution in [1.82, 2.24) is 0 Å². The Morgan fingerprint density at radius 3 is 2.55 bits per heavy atom. The van der Waals surface area contributed by atoms with Gasteiger partial charge in [0.25, 0.3) is 0 Å². The first-order valence-corrected chi connectivity index (χ1v) is 4.04. The van der Waals surface area contributed by atoms with E-state index in [1.807, 2.05) is 19.1 Å². The van der Waals surface area contributed by atoms with Gasteiger partial charge in [-0.2, -0.15) is 0 Å². The average Bonchev–Trinajstić information content (AvgIpc) is 1.99. The Hall–Kier alpha value is -0.700. The van der Waals surface area contributed by atoms with Crippen molar-refractivity contribution >= 4 is 21.6 Å². The number of anilines is 1. The molecule has 0 bridgehead atoms. The monoisotopic (exact) mass is 215 g/mol. The van der Waals surface area contributed by atoms with Gasteiger partial charge in [-0.05, 0) is 40.5 Å². The zero-order valence-electron chi connectivity index (χ0n) is 6.52. The lowest BCUT2D eigenvalue weighted by atomic mass is 10.2.